The van der Waals surface area contributed by atoms with E-state index in [0.29, 0.717) is 19.6 Å². The number of hydrogen-bond donors (Lipinski definition) is 1. The van der Waals surface area contributed by atoms with Gasteiger partial charge in [-0.3, -0.25) is 9.59 Å². The van der Waals surface area contributed by atoms with E-state index in [1.807, 2.05) is 23.1 Å². The maximum atomic E-state index is 13.2. The number of hydrogen-bond acceptors (Lipinski definition) is 6. The summed E-state index contributed by atoms with van der Waals surface area (Å²) in [6.07, 6.45) is 2.46. The predicted molar refractivity (Wildman–Crippen MR) is 130 cm³/mol. The Morgan fingerprint density at radius 2 is 1.81 bits per heavy atom. The van der Waals surface area contributed by atoms with Crippen molar-refractivity contribution in [3.8, 4) is 0 Å². The maximum absolute atomic E-state index is 13.2. The smallest absolute Gasteiger partial charge is 0.227 e. The second-order valence-electron chi connectivity index (χ2n) is 8.09. The van der Waals surface area contributed by atoms with E-state index in [1.165, 1.54) is 4.70 Å². The Bertz CT molecular complexity index is 863. The molecule has 0 radical (unpaired) electrons. The molecule has 2 atom stereocenters. The van der Waals surface area contributed by atoms with Gasteiger partial charge in [0.05, 0.1) is 16.1 Å². The van der Waals surface area contributed by atoms with Crippen LogP contribution in [0.2, 0.25) is 0 Å². The van der Waals surface area contributed by atoms with Crippen molar-refractivity contribution in [3.05, 3.63) is 24.3 Å². The van der Waals surface area contributed by atoms with Gasteiger partial charge in [0.15, 0.2) is 5.13 Å². The summed E-state index contributed by atoms with van der Waals surface area (Å²) < 4.78 is 1.19. The number of amides is 2. The van der Waals surface area contributed by atoms with E-state index in [1.54, 1.807) is 23.2 Å². The average molecular weight is 488 g/mol. The monoisotopic (exact) mass is 487 g/mol. The summed E-state index contributed by atoms with van der Waals surface area (Å²) in [5, 5.41) is 1.03. The Morgan fingerprint density at radius 3 is 2.55 bits per heavy atom. The van der Waals surface area contributed by atoms with E-state index in [-0.39, 0.29) is 48.6 Å². The SMILES string of the molecule is CC(=O)N1C[C@@H](N)CC[C@@H](C(=O)N2CCCN(c3nc4ccccc4s3)CC2)C1.Cl.Cl. The van der Waals surface area contributed by atoms with Gasteiger partial charge in [-0.15, -0.1) is 24.8 Å². The molecule has 2 N–H and O–H groups in total. The minimum absolute atomic E-state index is 0. The van der Waals surface area contributed by atoms with Crippen molar-refractivity contribution in [3.63, 3.8) is 0 Å². The van der Waals surface area contributed by atoms with Gasteiger partial charge in [-0.2, -0.15) is 0 Å². The van der Waals surface area contributed by atoms with Crippen molar-refractivity contribution in [2.24, 2.45) is 11.7 Å². The summed E-state index contributed by atoms with van der Waals surface area (Å²) in [7, 11) is 0. The van der Waals surface area contributed by atoms with Gasteiger partial charge in [-0.25, -0.2) is 4.98 Å². The number of halogens is 2. The summed E-state index contributed by atoms with van der Waals surface area (Å²) in [5.74, 6) is 0.0102. The maximum Gasteiger partial charge on any atom is 0.227 e. The number of aromatic nitrogens is 1. The first-order valence-corrected chi connectivity index (χ1v) is 11.2. The average Bonchev–Trinajstić information content (AvgIpc) is 2.86. The normalized spacial score (nSPS) is 22.2. The quantitative estimate of drug-likeness (QED) is 0.703. The van der Waals surface area contributed by atoms with Crippen molar-refractivity contribution < 1.29 is 9.59 Å². The molecule has 7 nitrogen and oxygen atoms in total. The van der Waals surface area contributed by atoms with Gasteiger partial charge in [0.25, 0.3) is 0 Å². The molecule has 0 bridgehead atoms. The van der Waals surface area contributed by atoms with Crippen LogP contribution in [0.5, 0.6) is 0 Å². The number of carbonyl (C=O) groups excluding carboxylic acids is 2. The zero-order chi connectivity index (χ0) is 20.4. The number of anilines is 1. The lowest BCUT2D eigenvalue weighted by Gasteiger charge is -2.28. The lowest BCUT2D eigenvalue weighted by molar-refractivity contribution is -0.137. The number of rotatable bonds is 2. The van der Waals surface area contributed by atoms with E-state index >= 15 is 0 Å². The largest absolute Gasteiger partial charge is 0.346 e. The highest BCUT2D eigenvalue weighted by Gasteiger charge is 2.32. The zero-order valence-electron chi connectivity index (χ0n) is 17.7. The van der Waals surface area contributed by atoms with E-state index < -0.39 is 0 Å². The van der Waals surface area contributed by atoms with Crippen LogP contribution in [-0.4, -0.2) is 71.9 Å². The van der Waals surface area contributed by atoms with Gasteiger partial charge in [0.1, 0.15) is 0 Å². The van der Waals surface area contributed by atoms with Crippen LogP contribution in [0.25, 0.3) is 10.2 Å². The summed E-state index contributed by atoms with van der Waals surface area (Å²) in [6.45, 7) is 5.72. The molecule has 3 heterocycles. The summed E-state index contributed by atoms with van der Waals surface area (Å²) >= 11 is 1.71. The molecule has 0 unspecified atom stereocenters. The minimum atomic E-state index is -0.151. The van der Waals surface area contributed by atoms with Crippen molar-refractivity contribution in [2.75, 3.05) is 44.2 Å². The van der Waals surface area contributed by atoms with Crippen molar-refractivity contribution in [1.82, 2.24) is 14.8 Å². The third-order valence-corrected chi connectivity index (χ3v) is 7.03. The number of para-hydroxylation sites is 1. The van der Waals surface area contributed by atoms with Gasteiger partial charge in [0.2, 0.25) is 11.8 Å². The second kappa shape index (κ2) is 11.3. The first kappa shape index (κ1) is 25.6. The third-order valence-electron chi connectivity index (χ3n) is 5.94. The molecule has 4 rings (SSSR count). The number of benzene rings is 1. The Labute approximate surface area is 199 Å². The molecular formula is C21H31Cl2N5O2S. The first-order valence-electron chi connectivity index (χ1n) is 10.4. The van der Waals surface area contributed by atoms with Crippen molar-refractivity contribution in [2.45, 2.75) is 32.2 Å². The Morgan fingerprint density at radius 1 is 1.03 bits per heavy atom. The number of thiazole rings is 1. The standard InChI is InChI=1S/C21H29N5O2S.2ClH/c1-15(27)26-13-16(7-8-17(22)14-26)20(28)24-9-4-10-25(12-11-24)21-23-18-5-2-3-6-19(18)29-21;;/h2-3,5-6,16-17H,4,7-14,22H2,1H3;2*1H/t16-,17+;;/m1../s1. The van der Waals surface area contributed by atoms with Crippen LogP contribution in [0.3, 0.4) is 0 Å². The lowest BCUT2D eigenvalue weighted by atomic mass is 10.0. The molecule has 0 aliphatic carbocycles. The fraction of sp³-hybridized carbons (Fsp3) is 0.571. The summed E-state index contributed by atoms with van der Waals surface area (Å²) in [6, 6.07) is 8.14. The number of nitrogens with two attached hydrogens (primary N) is 1. The van der Waals surface area contributed by atoms with Crippen LogP contribution in [0.15, 0.2) is 24.3 Å². The highest BCUT2D eigenvalue weighted by atomic mass is 35.5. The van der Waals surface area contributed by atoms with Crippen LogP contribution < -0.4 is 10.6 Å². The Balaban J connectivity index is 0.00000171. The number of fused-ring (bicyclic) bond motifs is 1. The highest BCUT2D eigenvalue weighted by Crippen LogP contribution is 2.29. The molecule has 2 aliphatic heterocycles. The molecule has 2 aliphatic rings. The second-order valence-corrected chi connectivity index (χ2v) is 9.10. The third kappa shape index (κ3) is 6.00. The molecule has 31 heavy (non-hydrogen) atoms. The molecule has 0 saturated carbocycles. The fourth-order valence-electron chi connectivity index (χ4n) is 4.26. The van der Waals surface area contributed by atoms with Crippen molar-refractivity contribution in [1.29, 1.82) is 0 Å². The molecule has 172 valence electrons. The van der Waals surface area contributed by atoms with Gasteiger partial charge in [-0.05, 0) is 31.4 Å². The topological polar surface area (TPSA) is 82.8 Å². The Hall–Kier alpha value is -1.61. The molecule has 1 aromatic carbocycles. The number of nitrogens with zero attached hydrogens (tertiary/aromatic N) is 4. The first-order chi connectivity index (χ1) is 14.0. The predicted octanol–water partition coefficient (Wildman–Crippen LogP) is 2.76. The van der Waals surface area contributed by atoms with Gasteiger partial charge >= 0.3 is 0 Å². The minimum Gasteiger partial charge on any atom is -0.346 e. The Kier molecular flexibility index (Phi) is 9.36. The van der Waals surface area contributed by atoms with Gasteiger partial charge in [-0.1, -0.05) is 23.5 Å². The van der Waals surface area contributed by atoms with Crippen LogP contribution in [0, 0.1) is 5.92 Å². The molecule has 1 aromatic heterocycles. The molecular weight excluding hydrogens is 457 g/mol. The van der Waals surface area contributed by atoms with Crippen molar-refractivity contribution >= 4 is 63.3 Å². The highest BCUT2D eigenvalue weighted by molar-refractivity contribution is 7.22. The lowest BCUT2D eigenvalue weighted by Crippen LogP contribution is -2.44. The van der Waals surface area contributed by atoms with E-state index in [0.717, 1.165) is 49.5 Å². The molecule has 2 amide bonds. The van der Waals surface area contributed by atoms with Crippen LogP contribution in [0.1, 0.15) is 26.2 Å². The van der Waals surface area contributed by atoms with Gasteiger partial charge < -0.3 is 20.4 Å². The number of likely N-dealkylation sites (tertiary alicyclic amines) is 1. The van der Waals surface area contributed by atoms with Gasteiger partial charge in [0, 0.05) is 52.2 Å². The van der Waals surface area contributed by atoms with Crippen LogP contribution in [0.4, 0.5) is 5.13 Å². The molecule has 10 heteroatoms. The fourth-order valence-corrected chi connectivity index (χ4v) is 5.28. The number of carbonyl (C=O) groups is 2. The molecule has 2 fully saturated rings. The zero-order valence-corrected chi connectivity index (χ0v) is 20.2. The molecule has 2 aromatic rings. The van der Waals surface area contributed by atoms with Crippen LogP contribution in [-0.2, 0) is 9.59 Å². The molecule has 2 saturated heterocycles. The van der Waals surface area contributed by atoms with E-state index in [4.69, 9.17) is 10.7 Å². The van der Waals surface area contributed by atoms with Crippen LogP contribution >= 0.6 is 36.2 Å². The molecule has 0 spiro atoms. The van der Waals surface area contributed by atoms with E-state index in [9.17, 15) is 9.59 Å². The van der Waals surface area contributed by atoms with E-state index in [2.05, 4.69) is 11.0 Å². The summed E-state index contributed by atoms with van der Waals surface area (Å²) in [5.41, 5.74) is 7.14. The summed E-state index contributed by atoms with van der Waals surface area (Å²) in [4.78, 5) is 35.9.